The van der Waals surface area contributed by atoms with Crippen molar-refractivity contribution in [2.45, 2.75) is 32.2 Å². The van der Waals surface area contributed by atoms with Gasteiger partial charge >= 0.3 is 0 Å². The molecular weight excluding hydrogens is 399 g/mol. The standard InChI is InChI=1S/C21H20Cl2N2O3/c22-17-2-1-3-18(23)16(17)12-25(28)19(26)14-4-5-15-11-21(7-6-13(15)10-14)8-9-24-20(21)27/h1-5,10,28H,6-9,11-12H2,(H,24,27)/t21-/m1/s1. The number of aryl methyl sites for hydroxylation is 1. The van der Waals surface area contributed by atoms with Crippen LogP contribution in [0.4, 0.5) is 0 Å². The fraction of sp³-hybridized carbons (Fsp3) is 0.333. The SMILES string of the molecule is O=C(c1ccc2c(c1)CC[C@@]1(CCNC1=O)C2)N(O)Cc1c(Cl)cccc1Cl. The van der Waals surface area contributed by atoms with Gasteiger partial charge in [0.25, 0.3) is 5.91 Å². The van der Waals surface area contributed by atoms with Crippen molar-refractivity contribution in [1.29, 1.82) is 0 Å². The van der Waals surface area contributed by atoms with E-state index in [-0.39, 0.29) is 17.9 Å². The molecule has 0 radical (unpaired) electrons. The number of benzene rings is 2. The third kappa shape index (κ3) is 3.39. The minimum Gasteiger partial charge on any atom is -0.356 e. The minimum atomic E-state index is -0.516. The molecule has 2 aromatic carbocycles. The first-order valence-corrected chi connectivity index (χ1v) is 9.99. The highest BCUT2D eigenvalue weighted by atomic mass is 35.5. The van der Waals surface area contributed by atoms with Crippen molar-refractivity contribution in [3.8, 4) is 0 Å². The highest BCUT2D eigenvalue weighted by molar-refractivity contribution is 6.36. The van der Waals surface area contributed by atoms with E-state index in [0.29, 0.717) is 32.7 Å². The lowest BCUT2D eigenvalue weighted by Gasteiger charge is -2.32. The highest BCUT2D eigenvalue weighted by Gasteiger charge is 2.44. The molecular formula is C21H20Cl2N2O3. The summed E-state index contributed by atoms with van der Waals surface area (Å²) in [5.41, 5.74) is 2.74. The molecule has 146 valence electrons. The summed E-state index contributed by atoms with van der Waals surface area (Å²) < 4.78 is 0. The molecule has 0 saturated carbocycles. The molecule has 5 nitrogen and oxygen atoms in total. The summed E-state index contributed by atoms with van der Waals surface area (Å²) in [4.78, 5) is 24.9. The van der Waals surface area contributed by atoms with Gasteiger partial charge in [0.2, 0.25) is 5.91 Å². The Kier molecular flexibility index (Phi) is 5.08. The van der Waals surface area contributed by atoms with E-state index in [1.807, 2.05) is 12.1 Å². The third-order valence-electron chi connectivity index (χ3n) is 5.83. The summed E-state index contributed by atoms with van der Waals surface area (Å²) in [6, 6.07) is 10.4. The fourth-order valence-corrected chi connectivity index (χ4v) is 4.69. The van der Waals surface area contributed by atoms with Crippen molar-refractivity contribution in [2.75, 3.05) is 6.54 Å². The van der Waals surface area contributed by atoms with Gasteiger partial charge in [-0.1, -0.05) is 35.3 Å². The lowest BCUT2D eigenvalue weighted by Crippen LogP contribution is -2.36. The average Bonchev–Trinajstić information content (AvgIpc) is 3.03. The van der Waals surface area contributed by atoms with Crippen LogP contribution < -0.4 is 5.32 Å². The Morgan fingerprint density at radius 2 is 1.89 bits per heavy atom. The lowest BCUT2D eigenvalue weighted by molar-refractivity contribution is -0.128. The number of carbonyl (C=O) groups excluding carboxylic acids is 2. The average molecular weight is 419 g/mol. The maximum Gasteiger partial charge on any atom is 0.277 e. The molecule has 1 fully saturated rings. The maximum absolute atomic E-state index is 12.7. The van der Waals surface area contributed by atoms with Crippen LogP contribution in [0, 0.1) is 5.41 Å². The summed E-state index contributed by atoms with van der Waals surface area (Å²) in [7, 11) is 0. The van der Waals surface area contributed by atoms with E-state index < -0.39 is 5.91 Å². The summed E-state index contributed by atoms with van der Waals surface area (Å²) in [6.45, 7) is 0.631. The molecule has 2 aliphatic rings. The van der Waals surface area contributed by atoms with E-state index in [0.717, 1.165) is 36.9 Å². The highest BCUT2D eigenvalue weighted by Crippen LogP contribution is 2.41. The number of rotatable bonds is 3. The van der Waals surface area contributed by atoms with Gasteiger partial charge in [0.15, 0.2) is 0 Å². The molecule has 1 aliphatic carbocycles. The summed E-state index contributed by atoms with van der Waals surface area (Å²) >= 11 is 12.2. The Bertz CT molecular complexity index is 942. The Labute approximate surface area is 173 Å². The van der Waals surface area contributed by atoms with Crippen LogP contribution in [0.2, 0.25) is 10.0 Å². The van der Waals surface area contributed by atoms with Gasteiger partial charge in [0.05, 0.1) is 12.0 Å². The zero-order chi connectivity index (χ0) is 19.9. The molecule has 0 aromatic heterocycles. The Balaban J connectivity index is 1.52. The topological polar surface area (TPSA) is 69.6 Å². The van der Waals surface area contributed by atoms with Crippen LogP contribution in [0.25, 0.3) is 0 Å². The van der Waals surface area contributed by atoms with Crippen molar-refractivity contribution < 1.29 is 14.8 Å². The molecule has 1 aliphatic heterocycles. The lowest BCUT2D eigenvalue weighted by atomic mass is 9.70. The van der Waals surface area contributed by atoms with Gasteiger partial charge in [-0.3, -0.25) is 14.8 Å². The van der Waals surface area contributed by atoms with E-state index in [9.17, 15) is 14.8 Å². The molecule has 2 N–H and O–H groups in total. The van der Waals surface area contributed by atoms with Gasteiger partial charge in [0, 0.05) is 27.7 Å². The quantitative estimate of drug-likeness (QED) is 0.583. The van der Waals surface area contributed by atoms with Crippen molar-refractivity contribution in [1.82, 2.24) is 10.4 Å². The number of nitrogens with one attached hydrogen (secondary N) is 1. The van der Waals surface area contributed by atoms with Crippen molar-refractivity contribution in [3.05, 3.63) is 68.7 Å². The minimum absolute atomic E-state index is 0.0995. The molecule has 1 atom stereocenters. The van der Waals surface area contributed by atoms with Crippen LogP contribution in [0.15, 0.2) is 36.4 Å². The molecule has 0 unspecified atom stereocenters. The first-order valence-electron chi connectivity index (χ1n) is 9.23. The van der Waals surface area contributed by atoms with Crippen LogP contribution in [-0.4, -0.2) is 28.6 Å². The molecule has 2 aromatic rings. The van der Waals surface area contributed by atoms with Gasteiger partial charge in [-0.25, -0.2) is 5.06 Å². The van der Waals surface area contributed by atoms with Gasteiger partial charge in [0.1, 0.15) is 0 Å². The summed E-state index contributed by atoms with van der Waals surface area (Å²) in [5, 5.41) is 14.6. The Morgan fingerprint density at radius 1 is 1.14 bits per heavy atom. The summed E-state index contributed by atoms with van der Waals surface area (Å²) in [5.74, 6) is -0.380. The van der Waals surface area contributed by atoms with E-state index in [2.05, 4.69) is 5.32 Å². The second-order valence-electron chi connectivity index (χ2n) is 7.51. The molecule has 2 amide bonds. The first kappa shape index (κ1) is 19.2. The zero-order valence-corrected chi connectivity index (χ0v) is 16.7. The first-order chi connectivity index (χ1) is 13.4. The van der Waals surface area contributed by atoms with Crippen molar-refractivity contribution in [2.24, 2.45) is 5.41 Å². The number of amides is 2. The van der Waals surface area contributed by atoms with E-state index in [1.54, 1.807) is 24.3 Å². The number of nitrogens with zero attached hydrogens (tertiary/aromatic N) is 1. The van der Waals surface area contributed by atoms with Crippen LogP contribution in [0.5, 0.6) is 0 Å². The second-order valence-corrected chi connectivity index (χ2v) is 8.32. The number of carbonyl (C=O) groups is 2. The van der Waals surface area contributed by atoms with Gasteiger partial charge in [-0.05, 0) is 61.1 Å². The Morgan fingerprint density at radius 3 is 2.57 bits per heavy atom. The molecule has 1 saturated heterocycles. The molecule has 4 rings (SSSR count). The van der Waals surface area contributed by atoms with Crippen LogP contribution >= 0.6 is 23.2 Å². The van der Waals surface area contributed by atoms with E-state index in [4.69, 9.17) is 23.2 Å². The van der Waals surface area contributed by atoms with Gasteiger partial charge in [-0.15, -0.1) is 0 Å². The number of hydrogen-bond acceptors (Lipinski definition) is 3. The van der Waals surface area contributed by atoms with E-state index in [1.165, 1.54) is 0 Å². The maximum atomic E-state index is 12.7. The molecule has 28 heavy (non-hydrogen) atoms. The monoisotopic (exact) mass is 418 g/mol. The number of hydroxylamine groups is 2. The van der Waals surface area contributed by atoms with Crippen molar-refractivity contribution >= 4 is 35.0 Å². The van der Waals surface area contributed by atoms with Crippen molar-refractivity contribution in [3.63, 3.8) is 0 Å². The predicted molar refractivity (Wildman–Crippen MR) is 107 cm³/mol. The Hall–Kier alpha value is -2.08. The number of hydrogen-bond donors (Lipinski definition) is 2. The molecule has 7 heteroatoms. The zero-order valence-electron chi connectivity index (χ0n) is 15.2. The number of fused-ring (bicyclic) bond motifs is 1. The predicted octanol–water partition coefficient (Wildman–Crippen LogP) is 4.02. The van der Waals surface area contributed by atoms with Crippen LogP contribution in [0.1, 0.15) is 39.9 Å². The fourth-order valence-electron chi connectivity index (χ4n) is 4.17. The molecule has 1 spiro atoms. The van der Waals surface area contributed by atoms with Crippen LogP contribution in [-0.2, 0) is 24.2 Å². The van der Waals surface area contributed by atoms with Crippen LogP contribution in [0.3, 0.4) is 0 Å². The molecule has 1 heterocycles. The normalized spacial score (nSPS) is 20.8. The molecule has 0 bridgehead atoms. The summed E-state index contributed by atoms with van der Waals surface area (Å²) in [6.07, 6.45) is 3.07. The third-order valence-corrected chi connectivity index (χ3v) is 6.54. The van der Waals surface area contributed by atoms with Gasteiger partial charge < -0.3 is 5.32 Å². The van der Waals surface area contributed by atoms with Gasteiger partial charge in [-0.2, -0.15) is 0 Å². The second kappa shape index (κ2) is 7.39. The smallest absolute Gasteiger partial charge is 0.277 e. The largest absolute Gasteiger partial charge is 0.356 e. The number of halogens is 2. The van der Waals surface area contributed by atoms with E-state index >= 15 is 0 Å².